The molecule has 0 bridgehead atoms. The van der Waals surface area contributed by atoms with E-state index in [9.17, 15) is 0 Å². The summed E-state index contributed by atoms with van der Waals surface area (Å²) in [6.45, 7) is 7.81. The number of nitrogens with one attached hydrogen (secondary N) is 1. The van der Waals surface area contributed by atoms with Crippen molar-refractivity contribution in [3.63, 3.8) is 0 Å². The van der Waals surface area contributed by atoms with Gasteiger partial charge in [-0.1, -0.05) is 33.6 Å². The Kier molecular flexibility index (Phi) is 3.84. The Morgan fingerprint density at radius 1 is 1.24 bits per heavy atom. The highest BCUT2D eigenvalue weighted by Crippen LogP contribution is 2.54. The Morgan fingerprint density at radius 2 is 1.88 bits per heavy atom. The van der Waals surface area contributed by atoms with Crippen molar-refractivity contribution in [2.24, 2.45) is 10.8 Å². The van der Waals surface area contributed by atoms with Crippen LogP contribution in [0.5, 0.6) is 0 Å². The van der Waals surface area contributed by atoms with E-state index in [0.29, 0.717) is 23.0 Å². The average Bonchev–Trinajstić information content (AvgIpc) is 2.72. The van der Waals surface area contributed by atoms with Crippen LogP contribution in [0, 0.1) is 10.8 Å². The first-order chi connectivity index (χ1) is 7.98. The molecule has 100 valence electrons. The molecule has 2 rings (SSSR count). The lowest BCUT2D eigenvalue weighted by Crippen LogP contribution is -2.62. The maximum Gasteiger partial charge on any atom is 0.0661 e. The summed E-state index contributed by atoms with van der Waals surface area (Å²) in [5.74, 6) is 0. The number of hydrogen-bond acceptors (Lipinski definition) is 2. The van der Waals surface area contributed by atoms with Crippen molar-refractivity contribution < 1.29 is 4.74 Å². The molecule has 1 N–H and O–H groups in total. The minimum absolute atomic E-state index is 0.398. The molecule has 2 unspecified atom stereocenters. The van der Waals surface area contributed by atoms with Gasteiger partial charge in [-0.3, -0.25) is 0 Å². The molecule has 0 aromatic heterocycles. The van der Waals surface area contributed by atoms with Crippen LogP contribution in [0.2, 0.25) is 0 Å². The molecule has 0 saturated heterocycles. The summed E-state index contributed by atoms with van der Waals surface area (Å²) in [4.78, 5) is 0. The molecule has 0 amide bonds. The molecule has 0 heterocycles. The Morgan fingerprint density at radius 3 is 2.41 bits per heavy atom. The molecule has 2 nitrogen and oxygen atoms in total. The first-order valence-electron chi connectivity index (χ1n) is 7.27. The van der Waals surface area contributed by atoms with E-state index in [4.69, 9.17) is 4.74 Å². The van der Waals surface area contributed by atoms with Crippen molar-refractivity contribution in [1.82, 2.24) is 5.32 Å². The van der Waals surface area contributed by atoms with Crippen LogP contribution in [0.4, 0.5) is 0 Å². The topological polar surface area (TPSA) is 21.3 Å². The predicted octanol–water partition coefficient (Wildman–Crippen LogP) is 3.36. The van der Waals surface area contributed by atoms with Crippen molar-refractivity contribution in [3.8, 4) is 0 Å². The summed E-state index contributed by atoms with van der Waals surface area (Å²) in [5.41, 5.74) is 0.891. The van der Waals surface area contributed by atoms with Gasteiger partial charge in [-0.15, -0.1) is 0 Å². The van der Waals surface area contributed by atoms with E-state index >= 15 is 0 Å². The van der Waals surface area contributed by atoms with Crippen LogP contribution < -0.4 is 5.32 Å². The molecule has 2 saturated carbocycles. The standard InChI is InChI=1S/C15H29NO/c1-14(2,3)9-10-17-13-11-12(16-4)15(13)7-5-6-8-15/h12-13,16H,5-11H2,1-4H3. The fourth-order valence-corrected chi connectivity index (χ4v) is 3.60. The van der Waals surface area contributed by atoms with E-state index in [0.717, 1.165) is 6.61 Å². The van der Waals surface area contributed by atoms with Gasteiger partial charge in [0.1, 0.15) is 0 Å². The Hall–Kier alpha value is -0.0800. The zero-order chi connectivity index (χ0) is 12.5. The monoisotopic (exact) mass is 239 g/mol. The third-order valence-electron chi connectivity index (χ3n) is 4.84. The minimum Gasteiger partial charge on any atom is -0.377 e. The number of ether oxygens (including phenoxy) is 1. The van der Waals surface area contributed by atoms with Gasteiger partial charge in [0.05, 0.1) is 6.10 Å². The lowest BCUT2D eigenvalue weighted by molar-refractivity contribution is -0.135. The van der Waals surface area contributed by atoms with Crippen LogP contribution in [-0.2, 0) is 4.74 Å². The van der Waals surface area contributed by atoms with Crippen molar-refractivity contribution in [2.45, 2.75) is 71.4 Å². The minimum atomic E-state index is 0.398. The second-order valence-electron chi connectivity index (χ2n) is 7.19. The van der Waals surface area contributed by atoms with Crippen molar-refractivity contribution in [1.29, 1.82) is 0 Å². The van der Waals surface area contributed by atoms with Gasteiger partial charge in [-0.05, 0) is 38.1 Å². The molecule has 0 aromatic carbocycles. The molecule has 2 atom stereocenters. The van der Waals surface area contributed by atoms with Crippen LogP contribution >= 0.6 is 0 Å². The molecule has 2 heteroatoms. The SMILES string of the molecule is CNC1CC(OCCC(C)(C)C)C12CCCC2. The van der Waals surface area contributed by atoms with E-state index in [1.165, 1.54) is 38.5 Å². The summed E-state index contributed by atoms with van der Waals surface area (Å²) in [6, 6.07) is 0.713. The third kappa shape index (κ3) is 2.68. The lowest BCUT2D eigenvalue weighted by atomic mass is 9.60. The van der Waals surface area contributed by atoms with Gasteiger partial charge in [0.15, 0.2) is 0 Å². The second kappa shape index (κ2) is 4.89. The van der Waals surface area contributed by atoms with Crippen LogP contribution in [0.15, 0.2) is 0 Å². The van der Waals surface area contributed by atoms with E-state index in [-0.39, 0.29) is 0 Å². The van der Waals surface area contributed by atoms with Gasteiger partial charge in [-0.2, -0.15) is 0 Å². The molecule has 0 aromatic rings. The highest BCUT2D eigenvalue weighted by Gasteiger charge is 2.55. The molecule has 17 heavy (non-hydrogen) atoms. The van der Waals surface area contributed by atoms with Gasteiger partial charge in [-0.25, -0.2) is 0 Å². The van der Waals surface area contributed by atoms with Crippen LogP contribution in [0.25, 0.3) is 0 Å². The largest absolute Gasteiger partial charge is 0.377 e. The molecule has 0 aliphatic heterocycles. The smallest absolute Gasteiger partial charge is 0.0661 e. The second-order valence-corrected chi connectivity index (χ2v) is 7.19. The highest BCUT2D eigenvalue weighted by atomic mass is 16.5. The Labute approximate surface area is 107 Å². The van der Waals surface area contributed by atoms with Gasteiger partial charge in [0, 0.05) is 18.1 Å². The summed E-state index contributed by atoms with van der Waals surface area (Å²) in [7, 11) is 2.11. The molecule has 2 aliphatic rings. The third-order valence-corrected chi connectivity index (χ3v) is 4.84. The maximum atomic E-state index is 6.18. The summed E-state index contributed by atoms with van der Waals surface area (Å²) < 4.78 is 6.18. The zero-order valence-corrected chi connectivity index (χ0v) is 12.0. The Bertz CT molecular complexity index is 250. The van der Waals surface area contributed by atoms with Gasteiger partial charge in [0.25, 0.3) is 0 Å². The molecule has 0 radical (unpaired) electrons. The van der Waals surface area contributed by atoms with Crippen molar-refractivity contribution in [3.05, 3.63) is 0 Å². The fourth-order valence-electron chi connectivity index (χ4n) is 3.60. The molecule has 2 fully saturated rings. The number of hydrogen-bond donors (Lipinski definition) is 1. The van der Waals surface area contributed by atoms with Gasteiger partial charge in [0.2, 0.25) is 0 Å². The highest BCUT2D eigenvalue weighted by molar-refractivity contribution is 5.09. The van der Waals surface area contributed by atoms with E-state index in [2.05, 4.69) is 33.1 Å². The summed E-state index contributed by atoms with van der Waals surface area (Å²) >= 11 is 0. The fraction of sp³-hybridized carbons (Fsp3) is 1.00. The van der Waals surface area contributed by atoms with Crippen LogP contribution in [-0.4, -0.2) is 25.8 Å². The first-order valence-corrected chi connectivity index (χ1v) is 7.27. The average molecular weight is 239 g/mol. The molecular formula is C15H29NO. The first kappa shape index (κ1) is 13.4. The predicted molar refractivity (Wildman–Crippen MR) is 72.2 cm³/mol. The van der Waals surface area contributed by atoms with Crippen molar-refractivity contribution in [2.75, 3.05) is 13.7 Å². The summed E-state index contributed by atoms with van der Waals surface area (Å²) in [5, 5.41) is 3.49. The molecule has 1 spiro atoms. The van der Waals surface area contributed by atoms with Crippen molar-refractivity contribution >= 4 is 0 Å². The maximum absolute atomic E-state index is 6.18. The van der Waals surface area contributed by atoms with E-state index < -0.39 is 0 Å². The lowest BCUT2D eigenvalue weighted by Gasteiger charge is -2.54. The normalized spacial score (nSPS) is 31.8. The van der Waals surface area contributed by atoms with Crippen LogP contribution in [0.3, 0.4) is 0 Å². The van der Waals surface area contributed by atoms with Gasteiger partial charge < -0.3 is 10.1 Å². The van der Waals surface area contributed by atoms with Gasteiger partial charge >= 0.3 is 0 Å². The van der Waals surface area contributed by atoms with E-state index in [1.807, 2.05) is 0 Å². The quantitative estimate of drug-likeness (QED) is 0.812. The van der Waals surface area contributed by atoms with Crippen LogP contribution in [0.1, 0.15) is 59.3 Å². The number of rotatable bonds is 4. The van der Waals surface area contributed by atoms with E-state index in [1.54, 1.807) is 0 Å². The zero-order valence-electron chi connectivity index (χ0n) is 12.0. The summed E-state index contributed by atoms with van der Waals surface area (Å²) in [6.07, 6.45) is 8.47. The Balaban J connectivity index is 1.82. The molecule has 2 aliphatic carbocycles. The molecular weight excluding hydrogens is 210 g/mol.